The molecule has 1 aliphatic rings. The fourth-order valence-electron chi connectivity index (χ4n) is 3.02. The molecule has 4 N–H and O–H groups in total. The number of nitrogen functional groups attached to an aromatic ring is 1. The summed E-state index contributed by atoms with van der Waals surface area (Å²) in [6.45, 7) is 0.250. The molecule has 2 aromatic carbocycles. The molecule has 2 heterocycles. The first kappa shape index (κ1) is 16.4. The van der Waals surface area contributed by atoms with Crippen molar-refractivity contribution in [3.63, 3.8) is 0 Å². The third-order valence-electron chi connectivity index (χ3n) is 4.22. The van der Waals surface area contributed by atoms with E-state index in [1.807, 2.05) is 24.3 Å². The molecule has 0 saturated heterocycles. The van der Waals surface area contributed by atoms with Gasteiger partial charge in [-0.25, -0.2) is 4.98 Å². The van der Waals surface area contributed by atoms with Gasteiger partial charge in [0.15, 0.2) is 16.6 Å². The maximum Gasteiger partial charge on any atom is 0.231 e. The Morgan fingerprint density at radius 1 is 1.27 bits per heavy atom. The van der Waals surface area contributed by atoms with Crippen LogP contribution in [0.3, 0.4) is 0 Å². The number of nitrogens with zero attached hydrogens (tertiary/aromatic N) is 2. The number of thiazole rings is 1. The van der Waals surface area contributed by atoms with Crippen LogP contribution >= 0.6 is 11.3 Å². The molecule has 0 amide bonds. The molecule has 1 aromatic heterocycles. The molecule has 0 unspecified atom stereocenters. The van der Waals surface area contributed by atoms with Crippen LogP contribution in [0.15, 0.2) is 47.6 Å². The van der Waals surface area contributed by atoms with Gasteiger partial charge in [-0.3, -0.25) is 4.99 Å². The van der Waals surface area contributed by atoms with Gasteiger partial charge in [0, 0.05) is 24.7 Å². The summed E-state index contributed by atoms with van der Waals surface area (Å²) in [4.78, 5) is 8.80. The number of fused-ring (bicyclic) bond motifs is 2. The Bertz CT molecular complexity index is 1040. The van der Waals surface area contributed by atoms with Crippen molar-refractivity contribution >= 4 is 32.4 Å². The van der Waals surface area contributed by atoms with E-state index in [0.717, 1.165) is 44.1 Å². The highest BCUT2D eigenvalue weighted by molar-refractivity contribution is 7.22. The standard InChI is InChI=1S/C19H18N4O2S/c1-22-13(4-5-20)6-11-7-14(18-17(8-11)26-19(21)23-18)12-2-3-15-16(9-12)25-10-24-15/h2-5,7-9H,6,10,20H2,1H3,(H2,21,23). The Kier molecular flexibility index (Phi) is 4.22. The summed E-state index contributed by atoms with van der Waals surface area (Å²) in [7, 11) is 1.76. The number of nitrogens with two attached hydrogens (primary N) is 2. The Balaban J connectivity index is 1.84. The Morgan fingerprint density at radius 3 is 2.92 bits per heavy atom. The highest BCUT2D eigenvalue weighted by Gasteiger charge is 2.17. The molecule has 6 nitrogen and oxygen atoms in total. The van der Waals surface area contributed by atoms with Gasteiger partial charge in [0.2, 0.25) is 6.79 Å². The molecule has 0 atom stereocenters. The minimum atomic E-state index is 0.250. The van der Waals surface area contributed by atoms with E-state index in [-0.39, 0.29) is 6.79 Å². The summed E-state index contributed by atoms with van der Waals surface area (Å²) in [6.07, 6.45) is 3.99. The molecule has 0 spiro atoms. The zero-order chi connectivity index (χ0) is 18.1. The van der Waals surface area contributed by atoms with E-state index in [9.17, 15) is 0 Å². The summed E-state index contributed by atoms with van der Waals surface area (Å²) in [6, 6.07) is 10.1. The maximum absolute atomic E-state index is 5.96. The third-order valence-corrected chi connectivity index (χ3v) is 5.05. The number of allylic oxidation sites excluding steroid dienone is 1. The maximum atomic E-state index is 5.96. The van der Waals surface area contributed by atoms with Crippen LogP contribution in [0.1, 0.15) is 5.56 Å². The number of aliphatic imine (C=N–C) groups is 1. The molecule has 0 saturated carbocycles. The van der Waals surface area contributed by atoms with Crippen LogP contribution in [0.25, 0.3) is 21.3 Å². The van der Waals surface area contributed by atoms with Crippen molar-refractivity contribution in [1.29, 1.82) is 0 Å². The SMILES string of the molecule is CN=C(C=CN)Cc1cc(-c2ccc3c(c2)OCO3)c2nc(N)sc2c1. The quantitative estimate of drug-likeness (QED) is 0.690. The molecule has 1 aliphatic heterocycles. The van der Waals surface area contributed by atoms with E-state index in [2.05, 4.69) is 22.1 Å². The highest BCUT2D eigenvalue weighted by Crippen LogP contribution is 2.39. The Morgan fingerprint density at radius 2 is 2.12 bits per heavy atom. The van der Waals surface area contributed by atoms with Crippen molar-refractivity contribution < 1.29 is 9.47 Å². The average molecular weight is 366 g/mol. The average Bonchev–Trinajstić information content (AvgIpc) is 3.25. The third kappa shape index (κ3) is 2.97. The molecule has 3 aromatic rings. The lowest BCUT2D eigenvalue weighted by Gasteiger charge is -2.08. The zero-order valence-corrected chi connectivity index (χ0v) is 15.0. The largest absolute Gasteiger partial charge is 0.454 e. The van der Waals surface area contributed by atoms with Crippen LogP contribution in [0.5, 0.6) is 11.5 Å². The van der Waals surface area contributed by atoms with Crippen LogP contribution in [0.2, 0.25) is 0 Å². The molecule has 7 heteroatoms. The molecule has 0 aliphatic carbocycles. The second-order valence-electron chi connectivity index (χ2n) is 5.86. The van der Waals surface area contributed by atoms with Crippen LogP contribution in [0.4, 0.5) is 5.13 Å². The summed E-state index contributed by atoms with van der Waals surface area (Å²) in [5.74, 6) is 1.50. The Labute approximate surface area is 154 Å². The van der Waals surface area contributed by atoms with Gasteiger partial charge < -0.3 is 20.9 Å². The predicted molar refractivity (Wildman–Crippen MR) is 106 cm³/mol. The van der Waals surface area contributed by atoms with Crippen LogP contribution in [0, 0.1) is 0 Å². The molecule has 0 bridgehead atoms. The van der Waals surface area contributed by atoms with Crippen LogP contribution in [-0.4, -0.2) is 24.5 Å². The fourth-order valence-corrected chi connectivity index (χ4v) is 3.85. The lowest BCUT2D eigenvalue weighted by atomic mass is 9.98. The van der Waals surface area contributed by atoms with Gasteiger partial charge in [-0.1, -0.05) is 17.4 Å². The number of anilines is 1. The van der Waals surface area contributed by atoms with Crippen LogP contribution < -0.4 is 20.9 Å². The molecule has 0 radical (unpaired) electrons. The lowest BCUT2D eigenvalue weighted by molar-refractivity contribution is 0.174. The number of ether oxygens (including phenoxy) is 2. The van der Waals surface area contributed by atoms with E-state index in [4.69, 9.17) is 20.9 Å². The van der Waals surface area contributed by atoms with E-state index in [1.54, 1.807) is 7.05 Å². The first-order valence-corrected chi connectivity index (χ1v) is 8.92. The number of hydrogen-bond donors (Lipinski definition) is 2. The van der Waals surface area contributed by atoms with Gasteiger partial charge in [0.25, 0.3) is 0 Å². The van der Waals surface area contributed by atoms with Gasteiger partial charge in [-0.2, -0.15) is 0 Å². The first-order chi connectivity index (χ1) is 12.7. The predicted octanol–water partition coefficient (Wildman–Crippen LogP) is 3.36. The highest BCUT2D eigenvalue weighted by atomic mass is 32.1. The zero-order valence-electron chi connectivity index (χ0n) is 14.2. The van der Waals surface area contributed by atoms with Gasteiger partial charge in [0.1, 0.15) is 0 Å². The van der Waals surface area contributed by atoms with Crippen molar-refractivity contribution in [2.45, 2.75) is 6.42 Å². The number of rotatable bonds is 4. The second kappa shape index (κ2) is 6.68. The minimum absolute atomic E-state index is 0.250. The minimum Gasteiger partial charge on any atom is -0.454 e. The first-order valence-electron chi connectivity index (χ1n) is 8.11. The molecule has 26 heavy (non-hydrogen) atoms. The molecule has 132 valence electrons. The van der Waals surface area contributed by atoms with Crippen molar-refractivity contribution in [3.8, 4) is 22.6 Å². The monoisotopic (exact) mass is 366 g/mol. The van der Waals surface area contributed by atoms with Crippen molar-refractivity contribution in [1.82, 2.24) is 4.98 Å². The second-order valence-corrected chi connectivity index (χ2v) is 6.92. The summed E-state index contributed by atoms with van der Waals surface area (Å²) < 4.78 is 12.0. The van der Waals surface area contributed by atoms with E-state index in [0.29, 0.717) is 11.6 Å². The summed E-state index contributed by atoms with van der Waals surface area (Å²) in [5, 5.41) is 0.547. The molecule has 4 rings (SSSR count). The normalized spacial score (nSPS) is 13.8. The molecular formula is C19H18N4O2S. The van der Waals surface area contributed by atoms with E-state index >= 15 is 0 Å². The van der Waals surface area contributed by atoms with E-state index in [1.165, 1.54) is 17.5 Å². The number of benzene rings is 2. The number of hydrogen-bond acceptors (Lipinski definition) is 7. The van der Waals surface area contributed by atoms with Crippen molar-refractivity contribution in [3.05, 3.63) is 48.2 Å². The van der Waals surface area contributed by atoms with Gasteiger partial charge in [-0.15, -0.1) is 0 Å². The van der Waals surface area contributed by atoms with E-state index < -0.39 is 0 Å². The number of aromatic nitrogens is 1. The Hall–Kier alpha value is -3.06. The smallest absolute Gasteiger partial charge is 0.231 e. The topological polar surface area (TPSA) is 95.8 Å². The van der Waals surface area contributed by atoms with Crippen molar-refractivity contribution in [2.24, 2.45) is 10.7 Å². The van der Waals surface area contributed by atoms with Crippen molar-refractivity contribution in [2.75, 3.05) is 19.6 Å². The van der Waals surface area contributed by atoms with Crippen LogP contribution in [-0.2, 0) is 6.42 Å². The lowest BCUT2D eigenvalue weighted by Crippen LogP contribution is -2.01. The summed E-state index contributed by atoms with van der Waals surface area (Å²) >= 11 is 1.48. The molecular weight excluding hydrogens is 348 g/mol. The van der Waals surface area contributed by atoms with Gasteiger partial charge >= 0.3 is 0 Å². The summed E-state index contributed by atoms with van der Waals surface area (Å²) in [5.41, 5.74) is 16.4. The van der Waals surface area contributed by atoms with Gasteiger partial charge in [0.05, 0.1) is 10.2 Å². The van der Waals surface area contributed by atoms with Gasteiger partial charge in [-0.05, 0) is 47.7 Å². The fraction of sp³-hybridized carbons (Fsp3) is 0.158. The molecule has 0 fully saturated rings.